The van der Waals surface area contributed by atoms with Gasteiger partial charge in [-0.2, -0.15) is 0 Å². The number of carbonyl (C=O) groups is 2. The molecule has 122 valence electrons. The van der Waals surface area contributed by atoms with Gasteiger partial charge in [0.15, 0.2) is 0 Å². The standard InChI is InChI=1S/C14H22N4O4/c1-17(13(19)11-15-5-9-21-11)7-3-4-8-18(2)14(20)12-16-6-10-22-12/h3-10H2,1-2H3. The Morgan fingerprint density at radius 2 is 1.32 bits per heavy atom. The molecule has 0 saturated heterocycles. The minimum atomic E-state index is -0.185. The fraction of sp³-hybridized carbons (Fsp3) is 0.714. The maximum absolute atomic E-state index is 11.9. The van der Waals surface area contributed by atoms with E-state index in [1.54, 1.807) is 23.9 Å². The summed E-state index contributed by atoms with van der Waals surface area (Å²) in [4.78, 5) is 35.1. The first-order valence-corrected chi connectivity index (χ1v) is 7.45. The summed E-state index contributed by atoms with van der Waals surface area (Å²) < 4.78 is 10.3. The molecule has 0 bridgehead atoms. The first-order chi connectivity index (χ1) is 10.6. The van der Waals surface area contributed by atoms with Gasteiger partial charge < -0.3 is 19.3 Å². The molecule has 0 spiro atoms. The summed E-state index contributed by atoms with van der Waals surface area (Å²) in [5.41, 5.74) is 0. The Labute approximate surface area is 129 Å². The van der Waals surface area contributed by atoms with Crippen LogP contribution in [0.2, 0.25) is 0 Å². The average Bonchev–Trinajstić information content (AvgIpc) is 3.22. The van der Waals surface area contributed by atoms with Gasteiger partial charge in [0.1, 0.15) is 13.2 Å². The van der Waals surface area contributed by atoms with E-state index >= 15 is 0 Å². The van der Waals surface area contributed by atoms with E-state index in [0.29, 0.717) is 39.4 Å². The second kappa shape index (κ2) is 7.77. The van der Waals surface area contributed by atoms with Crippen LogP contribution in [0.5, 0.6) is 0 Å². The molecule has 0 unspecified atom stereocenters. The SMILES string of the molecule is CN(CCCCN(C)C(=O)C1=NCCO1)C(=O)C1=NCCO1. The predicted molar refractivity (Wildman–Crippen MR) is 81.0 cm³/mol. The second-order valence-corrected chi connectivity index (χ2v) is 5.23. The Hall–Kier alpha value is -2.12. The molecule has 0 fully saturated rings. The lowest BCUT2D eigenvalue weighted by atomic mass is 10.2. The van der Waals surface area contributed by atoms with Gasteiger partial charge >= 0.3 is 11.8 Å². The fourth-order valence-electron chi connectivity index (χ4n) is 2.16. The number of carbonyl (C=O) groups excluding carboxylic acids is 2. The van der Waals surface area contributed by atoms with Crippen molar-refractivity contribution in [1.82, 2.24) is 9.80 Å². The Bertz CT molecular complexity index is 445. The zero-order chi connectivity index (χ0) is 15.9. The van der Waals surface area contributed by atoms with Crippen LogP contribution in [0.1, 0.15) is 12.8 Å². The van der Waals surface area contributed by atoms with E-state index in [1.165, 1.54) is 0 Å². The maximum Gasteiger partial charge on any atom is 0.308 e. The summed E-state index contributed by atoms with van der Waals surface area (Å²) in [5, 5.41) is 0. The van der Waals surface area contributed by atoms with Crippen molar-refractivity contribution in [2.24, 2.45) is 9.98 Å². The Morgan fingerprint density at radius 3 is 1.64 bits per heavy atom. The van der Waals surface area contributed by atoms with Gasteiger partial charge in [-0.05, 0) is 12.8 Å². The number of aliphatic imine (C=N–C) groups is 2. The maximum atomic E-state index is 11.9. The minimum Gasteiger partial charge on any atom is -0.472 e. The summed E-state index contributed by atoms with van der Waals surface area (Å²) in [6.07, 6.45) is 1.58. The van der Waals surface area contributed by atoms with Crippen LogP contribution in [0.3, 0.4) is 0 Å². The second-order valence-electron chi connectivity index (χ2n) is 5.23. The number of rotatable bonds is 7. The molecule has 2 aliphatic heterocycles. The number of unbranched alkanes of at least 4 members (excludes halogenated alkanes) is 1. The van der Waals surface area contributed by atoms with Gasteiger partial charge in [0.05, 0.1) is 13.1 Å². The molecule has 0 radical (unpaired) electrons. The molecule has 2 aliphatic rings. The normalized spacial score (nSPS) is 16.5. The molecule has 2 rings (SSSR count). The Balaban J connectivity index is 1.63. The third-order valence-electron chi connectivity index (χ3n) is 3.47. The van der Waals surface area contributed by atoms with Crippen molar-refractivity contribution in [3.8, 4) is 0 Å². The summed E-state index contributed by atoms with van der Waals surface area (Å²) in [6, 6.07) is 0. The van der Waals surface area contributed by atoms with Crippen LogP contribution in [-0.2, 0) is 19.1 Å². The van der Waals surface area contributed by atoms with Gasteiger partial charge in [0.25, 0.3) is 11.8 Å². The van der Waals surface area contributed by atoms with E-state index in [-0.39, 0.29) is 23.6 Å². The monoisotopic (exact) mass is 310 g/mol. The first-order valence-electron chi connectivity index (χ1n) is 7.45. The van der Waals surface area contributed by atoms with Crippen LogP contribution >= 0.6 is 0 Å². The van der Waals surface area contributed by atoms with Crippen LogP contribution in [0, 0.1) is 0 Å². The molecule has 8 heteroatoms. The van der Waals surface area contributed by atoms with Crippen LogP contribution in [0.25, 0.3) is 0 Å². The lowest BCUT2D eigenvalue weighted by Gasteiger charge is -2.19. The summed E-state index contributed by atoms with van der Waals surface area (Å²) in [7, 11) is 3.45. The average molecular weight is 310 g/mol. The van der Waals surface area contributed by atoms with E-state index < -0.39 is 0 Å². The molecule has 0 saturated carbocycles. The highest BCUT2D eigenvalue weighted by Gasteiger charge is 2.22. The number of hydrogen-bond acceptors (Lipinski definition) is 6. The number of hydrogen-bond donors (Lipinski definition) is 0. The molecule has 22 heavy (non-hydrogen) atoms. The lowest BCUT2D eigenvalue weighted by Crippen LogP contribution is -2.36. The van der Waals surface area contributed by atoms with Crippen LogP contribution in [0.4, 0.5) is 0 Å². The van der Waals surface area contributed by atoms with Crippen molar-refractivity contribution in [3.05, 3.63) is 0 Å². The topological polar surface area (TPSA) is 83.8 Å². The third kappa shape index (κ3) is 4.19. The van der Waals surface area contributed by atoms with E-state index in [9.17, 15) is 9.59 Å². The quantitative estimate of drug-likeness (QED) is 0.596. The molecular weight excluding hydrogens is 288 g/mol. The Morgan fingerprint density at radius 1 is 0.909 bits per heavy atom. The van der Waals surface area contributed by atoms with Crippen LogP contribution < -0.4 is 0 Å². The Kier molecular flexibility index (Phi) is 5.74. The van der Waals surface area contributed by atoms with Gasteiger partial charge in [-0.3, -0.25) is 9.59 Å². The number of ether oxygens (including phenoxy) is 2. The van der Waals surface area contributed by atoms with E-state index in [0.717, 1.165) is 12.8 Å². The summed E-state index contributed by atoms with van der Waals surface area (Å²) in [6.45, 7) is 3.25. The van der Waals surface area contributed by atoms with Crippen molar-refractivity contribution in [3.63, 3.8) is 0 Å². The van der Waals surface area contributed by atoms with Crippen molar-refractivity contribution >= 4 is 23.6 Å². The highest BCUT2D eigenvalue weighted by atomic mass is 16.5. The molecule has 2 heterocycles. The van der Waals surface area contributed by atoms with Crippen molar-refractivity contribution < 1.29 is 19.1 Å². The van der Waals surface area contributed by atoms with E-state index in [1.807, 2.05) is 0 Å². The van der Waals surface area contributed by atoms with Crippen molar-refractivity contribution in [2.45, 2.75) is 12.8 Å². The molecule has 2 amide bonds. The van der Waals surface area contributed by atoms with Gasteiger partial charge in [-0.25, -0.2) is 9.98 Å². The van der Waals surface area contributed by atoms with E-state index in [4.69, 9.17) is 9.47 Å². The fourth-order valence-corrected chi connectivity index (χ4v) is 2.16. The molecule has 0 aromatic carbocycles. The lowest BCUT2D eigenvalue weighted by molar-refractivity contribution is -0.125. The zero-order valence-electron chi connectivity index (χ0n) is 13.1. The molecule has 0 N–H and O–H groups in total. The van der Waals surface area contributed by atoms with Gasteiger partial charge in [0, 0.05) is 27.2 Å². The predicted octanol–water partition coefficient (Wildman–Crippen LogP) is -0.459. The number of nitrogens with zero attached hydrogens (tertiary/aromatic N) is 4. The smallest absolute Gasteiger partial charge is 0.308 e. The molecular formula is C14H22N4O4. The number of amides is 2. The van der Waals surface area contributed by atoms with Crippen LogP contribution in [-0.4, -0.2) is 86.9 Å². The van der Waals surface area contributed by atoms with Crippen molar-refractivity contribution in [1.29, 1.82) is 0 Å². The zero-order valence-corrected chi connectivity index (χ0v) is 13.1. The van der Waals surface area contributed by atoms with Gasteiger partial charge in [-0.1, -0.05) is 0 Å². The molecule has 0 aliphatic carbocycles. The summed E-state index contributed by atoms with van der Waals surface area (Å²) >= 11 is 0. The molecule has 0 aromatic rings. The van der Waals surface area contributed by atoms with E-state index in [2.05, 4.69) is 9.98 Å². The first kappa shape index (κ1) is 16.3. The minimum absolute atomic E-state index is 0.185. The molecule has 8 nitrogen and oxygen atoms in total. The molecule has 0 atom stereocenters. The van der Waals surface area contributed by atoms with Gasteiger partial charge in [-0.15, -0.1) is 0 Å². The molecule has 0 aromatic heterocycles. The van der Waals surface area contributed by atoms with Crippen LogP contribution in [0.15, 0.2) is 9.98 Å². The van der Waals surface area contributed by atoms with Crippen molar-refractivity contribution in [2.75, 3.05) is 53.5 Å². The summed E-state index contributed by atoms with van der Waals surface area (Å²) in [5.74, 6) is 0.0312. The highest BCUT2D eigenvalue weighted by molar-refractivity contribution is 6.35. The largest absolute Gasteiger partial charge is 0.472 e. The number of likely N-dealkylation sites (N-methyl/N-ethyl adjacent to an activating group) is 2. The third-order valence-corrected chi connectivity index (χ3v) is 3.47. The van der Waals surface area contributed by atoms with Gasteiger partial charge in [0.2, 0.25) is 0 Å². The highest BCUT2D eigenvalue weighted by Crippen LogP contribution is 2.03.